The predicted molar refractivity (Wildman–Crippen MR) is 78.1 cm³/mol. The molecule has 0 aromatic rings. The number of hydrogen-bond acceptors (Lipinski definition) is 2. The van der Waals surface area contributed by atoms with Gasteiger partial charge in [-0.3, -0.25) is 0 Å². The van der Waals surface area contributed by atoms with Gasteiger partial charge in [0, 0.05) is 6.42 Å². The molecular weight excluding hydrogens is 425 g/mol. The van der Waals surface area contributed by atoms with Gasteiger partial charge in [0.1, 0.15) is 5.60 Å². The van der Waals surface area contributed by atoms with Crippen LogP contribution in [0.5, 0.6) is 0 Å². The van der Waals surface area contributed by atoms with Crippen molar-refractivity contribution in [3.63, 3.8) is 0 Å². The lowest BCUT2D eigenvalue weighted by molar-refractivity contribution is -0.442. The SMILES string of the molecule is CSCCC(F)(C(F)(F)F)C(C)(C)OC(F)(F)C(F)(C(C)(C)F)C(F)(F)F. The molecule has 0 fully saturated rings. The van der Waals surface area contributed by atoms with Gasteiger partial charge in [-0.25, -0.2) is 13.2 Å². The van der Waals surface area contributed by atoms with E-state index in [2.05, 4.69) is 4.74 Å². The van der Waals surface area contributed by atoms with E-state index in [1.54, 1.807) is 0 Å². The van der Waals surface area contributed by atoms with Crippen LogP contribution >= 0.6 is 11.8 Å². The highest BCUT2D eigenvalue weighted by Gasteiger charge is 2.81. The monoisotopic (exact) mass is 444 g/mol. The van der Waals surface area contributed by atoms with Gasteiger partial charge in [0.05, 0.1) is 0 Å². The summed E-state index contributed by atoms with van der Waals surface area (Å²) in [5, 5.41) is 0. The van der Waals surface area contributed by atoms with Crippen molar-refractivity contribution in [2.24, 2.45) is 0 Å². The van der Waals surface area contributed by atoms with Crippen LogP contribution in [0.25, 0.3) is 0 Å². The molecule has 0 radical (unpaired) electrons. The quantitative estimate of drug-likeness (QED) is 0.400. The molecule has 0 spiro atoms. The van der Waals surface area contributed by atoms with Gasteiger partial charge in [0.25, 0.3) is 0 Å². The van der Waals surface area contributed by atoms with Crippen molar-refractivity contribution < 1.29 is 53.0 Å². The van der Waals surface area contributed by atoms with E-state index in [1.165, 1.54) is 6.26 Å². The first-order valence-electron chi connectivity index (χ1n) is 7.29. The zero-order valence-electron chi connectivity index (χ0n) is 14.9. The van der Waals surface area contributed by atoms with Crippen LogP contribution in [0.3, 0.4) is 0 Å². The maximum Gasteiger partial charge on any atom is 0.434 e. The van der Waals surface area contributed by atoms with Gasteiger partial charge >= 0.3 is 24.1 Å². The molecular formula is C14H19F11OS. The number of alkyl halides is 11. The molecule has 2 unspecified atom stereocenters. The summed E-state index contributed by atoms with van der Waals surface area (Å²) in [4.78, 5) is 0. The van der Waals surface area contributed by atoms with Gasteiger partial charge in [-0.15, -0.1) is 0 Å². The lowest BCUT2D eigenvalue weighted by Crippen LogP contribution is -2.70. The predicted octanol–water partition coefficient (Wildman–Crippen LogP) is 6.42. The number of thioether (sulfide) groups is 1. The minimum Gasteiger partial charge on any atom is -0.308 e. The minimum absolute atomic E-state index is 0.0940. The Kier molecular flexibility index (Phi) is 7.29. The number of hydrogen-bond donors (Lipinski definition) is 0. The summed E-state index contributed by atoms with van der Waals surface area (Å²) in [7, 11) is 0. The third kappa shape index (κ3) is 4.59. The Balaban J connectivity index is 6.33. The molecule has 0 bridgehead atoms. The molecule has 0 saturated heterocycles. The first-order valence-corrected chi connectivity index (χ1v) is 8.68. The molecule has 0 rings (SSSR count). The molecule has 0 aliphatic heterocycles. The van der Waals surface area contributed by atoms with Crippen molar-refractivity contribution in [3.8, 4) is 0 Å². The van der Waals surface area contributed by atoms with E-state index in [4.69, 9.17) is 0 Å². The second-order valence-corrected chi connectivity index (χ2v) is 7.79. The van der Waals surface area contributed by atoms with Gasteiger partial charge < -0.3 is 4.74 Å². The van der Waals surface area contributed by atoms with Crippen LogP contribution < -0.4 is 0 Å². The molecule has 0 aromatic heterocycles. The van der Waals surface area contributed by atoms with Crippen molar-refractivity contribution in [1.29, 1.82) is 0 Å². The molecule has 2 atom stereocenters. The number of rotatable bonds is 8. The average Bonchev–Trinajstić information content (AvgIpc) is 2.38. The third-order valence-corrected chi connectivity index (χ3v) is 4.66. The molecule has 0 aromatic carbocycles. The molecule has 1 nitrogen and oxygen atoms in total. The Morgan fingerprint density at radius 3 is 1.37 bits per heavy atom. The summed E-state index contributed by atoms with van der Waals surface area (Å²) in [6, 6.07) is 0. The minimum atomic E-state index is -6.58. The molecule has 0 heterocycles. The summed E-state index contributed by atoms with van der Waals surface area (Å²) in [6.07, 6.45) is -18.8. The van der Waals surface area contributed by atoms with Crippen LogP contribution in [-0.4, -0.2) is 53.1 Å². The Hall–Kier alpha value is -0.460. The average molecular weight is 444 g/mol. The summed E-state index contributed by atoms with van der Waals surface area (Å²) in [5.41, 5.74) is -18.6. The first kappa shape index (κ1) is 26.5. The molecule has 27 heavy (non-hydrogen) atoms. The largest absolute Gasteiger partial charge is 0.434 e. The van der Waals surface area contributed by atoms with Crippen LogP contribution in [0.15, 0.2) is 0 Å². The summed E-state index contributed by atoms with van der Waals surface area (Å²) in [6.45, 7) is -0.191. The highest BCUT2D eigenvalue weighted by Crippen LogP contribution is 2.57. The fourth-order valence-electron chi connectivity index (χ4n) is 2.35. The molecule has 0 aliphatic rings. The van der Waals surface area contributed by atoms with E-state index < -0.39 is 53.2 Å². The van der Waals surface area contributed by atoms with Gasteiger partial charge in [-0.05, 0) is 39.7 Å². The molecule has 164 valence electrons. The van der Waals surface area contributed by atoms with Gasteiger partial charge in [0.2, 0.25) is 5.67 Å². The molecule has 0 saturated carbocycles. The highest BCUT2D eigenvalue weighted by atomic mass is 32.2. The van der Waals surface area contributed by atoms with Crippen molar-refractivity contribution in [1.82, 2.24) is 0 Å². The fourth-order valence-corrected chi connectivity index (χ4v) is 2.83. The van der Waals surface area contributed by atoms with Crippen LogP contribution in [0.2, 0.25) is 0 Å². The lowest BCUT2D eigenvalue weighted by Gasteiger charge is -2.47. The van der Waals surface area contributed by atoms with Gasteiger partial charge in [-0.1, -0.05) is 0 Å². The van der Waals surface area contributed by atoms with Crippen LogP contribution in [0, 0.1) is 0 Å². The summed E-state index contributed by atoms with van der Waals surface area (Å²) < 4.78 is 153. The van der Waals surface area contributed by atoms with Crippen molar-refractivity contribution in [2.75, 3.05) is 12.0 Å². The third-order valence-electron chi connectivity index (χ3n) is 4.05. The molecule has 0 amide bonds. The molecule has 0 N–H and O–H groups in total. The number of halogens is 11. The van der Waals surface area contributed by atoms with E-state index in [1.807, 2.05) is 0 Å². The van der Waals surface area contributed by atoms with Crippen LogP contribution in [-0.2, 0) is 4.74 Å². The summed E-state index contributed by atoms with van der Waals surface area (Å²) in [5.74, 6) is -0.566. The highest BCUT2D eigenvalue weighted by molar-refractivity contribution is 7.98. The van der Waals surface area contributed by atoms with E-state index in [0.717, 1.165) is 0 Å². The maximum atomic E-state index is 14.7. The zero-order chi connectivity index (χ0) is 22.3. The number of ether oxygens (including phenoxy) is 1. The maximum absolute atomic E-state index is 14.7. The first-order chi connectivity index (χ1) is 11.5. The lowest BCUT2D eigenvalue weighted by atomic mass is 9.82. The Morgan fingerprint density at radius 2 is 1.11 bits per heavy atom. The topological polar surface area (TPSA) is 9.23 Å². The second-order valence-electron chi connectivity index (χ2n) is 6.80. The standard InChI is InChI=1S/C14H19F11OS/c1-8(2,15)11(17,13(21,22)23)14(24,25)26-9(3,4)10(16,6-7-27-5)12(18,19)20/h6-7H2,1-5H3. The van der Waals surface area contributed by atoms with Crippen molar-refractivity contribution in [3.05, 3.63) is 0 Å². The van der Waals surface area contributed by atoms with Crippen molar-refractivity contribution >= 4 is 11.8 Å². The van der Waals surface area contributed by atoms with E-state index in [-0.39, 0.29) is 27.7 Å². The molecule has 13 heteroatoms. The summed E-state index contributed by atoms with van der Waals surface area (Å²) >= 11 is 0.696. The van der Waals surface area contributed by atoms with E-state index >= 15 is 0 Å². The fraction of sp³-hybridized carbons (Fsp3) is 1.00. The Labute approximate surface area is 153 Å². The Morgan fingerprint density at radius 1 is 0.704 bits per heavy atom. The molecule has 0 aliphatic carbocycles. The van der Waals surface area contributed by atoms with Crippen LogP contribution in [0.4, 0.5) is 48.3 Å². The van der Waals surface area contributed by atoms with Crippen molar-refractivity contribution in [2.45, 2.75) is 75.2 Å². The second kappa shape index (κ2) is 7.42. The Bertz CT molecular complexity index is 493. The van der Waals surface area contributed by atoms with E-state index in [9.17, 15) is 48.3 Å². The van der Waals surface area contributed by atoms with Gasteiger partial charge in [0.15, 0.2) is 5.67 Å². The smallest absolute Gasteiger partial charge is 0.308 e. The zero-order valence-corrected chi connectivity index (χ0v) is 15.7. The normalized spacial score (nSPS) is 19.6. The van der Waals surface area contributed by atoms with Gasteiger partial charge in [-0.2, -0.15) is 46.9 Å². The van der Waals surface area contributed by atoms with E-state index in [0.29, 0.717) is 11.8 Å². The van der Waals surface area contributed by atoms with Crippen LogP contribution in [0.1, 0.15) is 34.1 Å².